The molecule has 1 aromatic rings. The van der Waals surface area contributed by atoms with E-state index in [1.807, 2.05) is 0 Å². The zero-order chi connectivity index (χ0) is 8.97. The lowest BCUT2D eigenvalue weighted by atomic mass is 10.6. The molecule has 1 aromatic heterocycles. The van der Waals surface area contributed by atoms with E-state index >= 15 is 0 Å². The van der Waals surface area contributed by atoms with E-state index in [1.54, 1.807) is 17.9 Å². The van der Waals surface area contributed by atoms with E-state index in [2.05, 4.69) is 20.9 Å². The molecule has 0 spiro atoms. The number of rotatable bonds is 3. The summed E-state index contributed by atoms with van der Waals surface area (Å²) in [6.45, 7) is 1.08. The van der Waals surface area contributed by atoms with Crippen LogP contribution in [0.1, 0.15) is 0 Å². The Morgan fingerprint density at radius 2 is 2.50 bits per heavy atom. The average Bonchev–Trinajstić information content (AvgIpc) is 2.07. The van der Waals surface area contributed by atoms with E-state index < -0.39 is 0 Å². The molecular weight excluding hydrogens is 224 g/mol. The Balaban J connectivity index is 2.83. The number of halogens is 1. The Bertz CT molecular complexity index is 311. The van der Waals surface area contributed by atoms with Crippen LogP contribution in [-0.4, -0.2) is 23.3 Å². The molecule has 4 nitrogen and oxygen atoms in total. The van der Waals surface area contributed by atoms with E-state index in [4.69, 9.17) is 4.74 Å². The van der Waals surface area contributed by atoms with Crippen molar-refractivity contribution in [3.63, 3.8) is 0 Å². The Morgan fingerprint density at radius 3 is 3.17 bits per heavy atom. The third-order valence-electron chi connectivity index (χ3n) is 1.38. The van der Waals surface area contributed by atoms with Gasteiger partial charge in [-0.15, -0.1) is 0 Å². The highest BCUT2D eigenvalue weighted by molar-refractivity contribution is 9.10. The van der Waals surface area contributed by atoms with E-state index in [1.165, 1.54) is 6.20 Å². The molecule has 0 unspecified atom stereocenters. The molecule has 0 saturated heterocycles. The van der Waals surface area contributed by atoms with Crippen LogP contribution >= 0.6 is 15.9 Å². The smallest absolute Gasteiger partial charge is 0.269 e. The second kappa shape index (κ2) is 4.37. The highest BCUT2D eigenvalue weighted by atomic mass is 79.9. The van der Waals surface area contributed by atoms with Gasteiger partial charge in [-0.3, -0.25) is 4.79 Å². The third kappa shape index (κ3) is 2.42. The summed E-state index contributed by atoms with van der Waals surface area (Å²) >= 11 is 3.18. The minimum Gasteiger partial charge on any atom is -0.383 e. The van der Waals surface area contributed by atoms with Crippen LogP contribution in [0.15, 0.2) is 21.8 Å². The second-order valence-electron chi connectivity index (χ2n) is 2.23. The van der Waals surface area contributed by atoms with Gasteiger partial charge in [0.2, 0.25) is 0 Å². The highest BCUT2D eigenvalue weighted by Crippen LogP contribution is 1.99. The van der Waals surface area contributed by atoms with Gasteiger partial charge >= 0.3 is 0 Å². The SMILES string of the molecule is COCCn1cc(Br)ncc1=O. The van der Waals surface area contributed by atoms with Gasteiger partial charge in [-0.25, -0.2) is 4.98 Å². The second-order valence-corrected chi connectivity index (χ2v) is 3.05. The molecule has 0 aliphatic rings. The first kappa shape index (κ1) is 9.41. The van der Waals surface area contributed by atoms with E-state index in [0.717, 1.165) is 0 Å². The van der Waals surface area contributed by atoms with Gasteiger partial charge in [0.05, 0.1) is 12.8 Å². The third-order valence-corrected chi connectivity index (χ3v) is 1.79. The van der Waals surface area contributed by atoms with Crippen molar-refractivity contribution in [3.8, 4) is 0 Å². The van der Waals surface area contributed by atoms with Crippen LogP contribution in [0.4, 0.5) is 0 Å². The molecule has 0 aliphatic carbocycles. The topological polar surface area (TPSA) is 44.1 Å². The van der Waals surface area contributed by atoms with Crippen LogP contribution in [0.25, 0.3) is 0 Å². The Morgan fingerprint density at radius 1 is 1.75 bits per heavy atom. The number of ether oxygens (including phenoxy) is 1. The normalized spacial score (nSPS) is 10.2. The monoisotopic (exact) mass is 232 g/mol. The predicted octanol–water partition coefficient (Wildman–Crippen LogP) is 0.652. The molecule has 0 bridgehead atoms. The molecule has 1 rings (SSSR count). The highest BCUT2D eigenvalue weighted by Gasteiger charge is 1.96. The molecule has 1 heterocycles. The van der Waals surface area contributed by atoms with Gasteiger partial charge in [-0.1, -0.05) is 0 Å². The molecule has 0 radical (unpaired) electrons. The molecule has 0 fully saturated rings. The molecule has 0 saturated carbocycles. The average molecular weight is 233 g/mol. The Hall–Kier alpha value is -0.680. The minimum absolute atomic E-state index is 0.116. The number of nitrogens with zero attached hydrogens (tertiary/aromatic N) is 2. The summed E-state index contributed by atoms with van der Waals surface area (Å²) in [4.78, 5) is 14.9. The summed E-state index contributed by atoms with van der Waals surface area (Å²) < 4.78 is 7.04. The molecule has 0 atom stereocenters. The molecule has 0 aromatic carbocycles. The van der Waals surface area contributed by atoms with Crippen molar-refractivity contribution in [2.45, 2.75) is 6.54 Å². The van der Waals surface area contributed by atoms with Gasteiger partial charge in [-0.05, 0) is 15.9 Å². The summed E-state index contributed by atoms with van der Waals surface area (Å²) in [6.07, 6.45) is 2.92. The summed E-state index contributed by atoms with van der Waals surface area (Å²) in [7, 11) is 1.60. The van der Waals surface area contributed by atoms with Gasteiger partial charge < -0.3 is 9.30 Å². The van der Waals surface area contributed by atoms with Crippen molar-refractivity contribution in [1.29, 1.82) is 0 Å². The summed E-state index contributed by atoms with van der Waals surface area (Å²) in [5, 5.41) is 0. The summed E-state index contributed by atoms with van der Waals surface area (Å²) in [5.74, 6) is 0. The van der Waals surface area contributed by atoms with Gasteiger partial charge in [0.15, 0.2) is 0 Å². The fraction of sp³-hybridized carbons (Fsp3) is 0.429. The fourth-order valence-corrected chi connectivity index (χ4v) is 1.13. The first-order valence-electron chi connectivity index (χ1n) is 3.45. The lowest BCUT2D eigenvalue weighted by molar-refractivity contribution is 0.186. The van der Waals surface area contributed by atoms with E-state index in [0.29, 0.717) is 17.8 Å². The van der Waals surface area contributed by atoms with Gasteiger partial charge in [0, 0.05) is 19.9 Å². The minimum atomic E-state index is -0.116. The maximum Gasteiger partial charge on any atom is 0.269 e. The summed E-state index contributed by atoms with van der Waals surface area (Å²) in [5.41, 5.74) is -0.116. The number of methoxy groups -OCH3 is 1. The van der Waals surface area contributed by atoms with Crippen LogP contribution < -0.4 is 5.56 Å². The predicted molar refractivity (Wildman–Crippen MR) is 48.1 cm³/mol. The summed E-state index contributed by atoms with van der Waals surface area (Å²) in [6, 6.07) is 0. The van der Waals surface area contributed by atoms with Crippen LogP contribution in [0, 0.1) is 0 Å². The quantitative estimate of drug-likeness (QED) is 0.769. The van der Waals surface area contributed by atoms with Gasteiger partial charge in [-0.2, -0.15) is 0 Å². The fourth-order valence-electron chi connectivity index (χ4n) is 0.781. The van der Waals surface area contributed by atoms with Crippen molar-refractivity contribution in [1.82, 2.24) is 9.55 Å². The molecule has 5 heteroatoms. The van der Waals surface area contributed by atoms with Crippen molar-refractivity contribution in [2.75, 3.05) is 13.7 Å². The molecule has 12 heavy (non-hydrogen) atoms. The van der Waals surface area contributed by atoms with Gasteiger partial charge in [0.25, 0.3) is 5.56 Å². The van der Waals surface area contributed by atoms with E-state index in [9.17, 15) is 4.79 Å². The Kier molecular flexibility index (Phi) is 3.43. The maximum atomic E-state index is 11.1. The first-order chi connectivity index (χ1) is 5.74. The molecule has 0 aliphatic heterocycles. The maximum absolute atomic E-state index is 11.1. The van der Waals surface area contributed by atoms with Crippen LogP contribution in [0.3, 0.4) is 0 Å². The zero-order valence-electron chi connectivity index (χ0n) is 6.66. The number of hydrogen-bond acceptors (Lipinski definition) is 3. The molecule has 66 valence electrons. The molecular formula is C7H9BrN2O2. The van der Waals surface area contributed by atoms with Crippen LogP contribution in [0.2, 0.25) is 0 Å². The van der Waals surface area contributed by atoms with Crippen molar-refractivity contribution in [3.05, 3.63) is 27.4 Å². The van der Waals surface area contributed by atoms with Gasteiger partial charge in [0.1, 0.15) is 4.60 Å². The van der Waals surface area contributed by atoms with Crippen LogP contribution in [0.5, 0.6) is 0 Å². The number of hydrogen-bond donors (Lipinski definition) is 0. The number of aromatic nitrogens is 2. The standard InChI is InChI=1S/C7H9BrN2O2/c1-12-3-2-10-5-6(8)9-4-7(10)11/h4-5H,2-3H2,1H3. The zero-order valence-corrected chi connectivity index (χ0v) is 8.24. The van der Waals surface area contributed by atoms with Crippen molar-refractivity contribution >= 4 is 15.9 Å². The molecule has 0 amide bonds. The first-order valence-corrected chi connectivity index (χ1v) is 4.24. The Labute approximate surface area is 78.3 Å². The largest absolute Gasteiger partial charge is 0.383 e. The van der Waals surface area contributed by atoms with Crippen LogP contribution in [-0.2, 0) is 11.3 Å². The lowest BCUT2D eigenvalue weighted by Crippen LogP contribution is -2.21. The van der Waals surface area contributed by atoms with Crippen molar-refractivity contribution in [2.24, 2.45) is 0 Å². The van der Waals surface area contributed by atoms with E-state index in [-0.39, 0.29) is 5.56 Å². The lowest BCUT2D eigenvalue weighted by Gasteiger charge is -2.03. The molecule has 0 N–H and O–H groups in total. The van der Waals surface area contributed by atoms with Crippen molar-refractivity contribution < 1.29 is 4.74 Å².